The molecule has 0 atom stereocenters. The first kappa shape index (κ1) is 19.9. The van der Waals surface area contributed by atoms with Crippen LogP contribution in [0.5, 0.6) is 17.2 Å². The minimum absolute atomic E-state index is 0.242. The van der Waals surface area contributed by atoms with E-state index >= 15 is 0 Å². The highest BCUT2D eigenvalue weighted by Crippen LogP contribution is 2.40. The van der Waals surface area contributed by atoms with E-state index in [2.05, 4.69) is 20.6 Å². The zero-order valence-electron chi connectivity index (χ0n) is 16.4. The Morgan fingerprint density at radius 1 is 0.931 bits per heavy atom. The minimum atomic E-state index is -0.242. The molecule has 29 heavy (non-hydrogen) atoms. The SMILES string of the molecule is COc1cc(Nc2ncc(C(=O)NCc3ccccc3)cn2)cc(OC)c1OC. The van der Waals surface area contributed by atoms with Crippen LogP contribution < -0.4 is 24.8 Å². The molecule has 1 amide bonds. The summed E-state index contributed by atoms with van der Waals surface area (Å²) in [5.41, 5.74) is 2.04. The number of hydrogen-bond acceptors (Lipinski definition) is 7. The third-order valence-corrected chi connectivity index (χ3v) is 4.13. The number of anilines is 2. The van der Waals surface area contributed by atoms with Crippen LogP contribution >= 0.6 is 0 Å². The van der Waals surface area contributed by atoms with E-state index < -0.39 is 0 Å². The van der Waals surface area contributed by atoms with E-state index in [-0.39, 0.29) is 5.91 Å². The molecule has 3 aromatic rings. The Morgan fingerprint density at radius 3 is 2.10 bits per heavy atom. The van der Waals surface area contributed by atoms with E-state index in [0.29, 0.717) is 41.0 Å². The Bertz CT molecular complexity index is 937. The van der Waals surface area contributed by atoms with Gasteiger partial charge in [0, 0.05) is 36.8 Å². The van der Waals surface area contributed by atoms with Gasteiger partial charge < -0.3 is 24.8 Å². The second kappa shape index (κ2) is 9.41. The van der Waals surface area contributed by atoms with Crippen LogP contribution in [0.25, 0.3) is 0 Å². The molecule has 0 bridgehead atoms. The number of nitrogens with zero attached hydrogens (tertiary/aromatic N) is 2. The third kappa shape index (κ3) is 4.92. The van der Waals surface area contributed by atoms with Crippen molar-refractivity contribution in [2.75, 3.05) is 26.6 Å². The normalized spacial score (nSPS) is 10.2. The Hall–Kier alpha value is -3.81. The molecule has 0 saturated carbocycles. The minimum Gasteiger partial charge on any atom is -0.493 e. The lowest BCUT2D eigenvalue weighted by molar-refractivity contribution is 0.0950. The van der Waals surface area contributed by atoms with Crippen LogP contribution in [0, 0.1) is 0 Å². The Labute approximate surface area is 168 Å². The van der Waals surface area contributed by atoms with Gasteiger partial charge in [0.1, 0.15) is 0 Å². The maximum atomic E-state index is 12.3. The lowest BCUT2D eigenvalue weighted by Crippen LogP contribution is -2.23. The number of carbonyl (C=O) groups excluding carboxylic acids is 1. The molecular formula is C21H22N4O4. The van der Waals surface area contributed by atoms with E-state index in [9.17, 15) is 4.79 Å². The summed E-state index contributed by atoms with van der Waals surface area (Å²) in [4.78, 5) is 20.7. The molecule has 0 spiro atoms. The van der Waals surface area contributed by atoms with Crippen LogP contribution in [0.3, 0.4) is 0 Å². The lowest BCUT2D eigenvalue weighted by Gasteiger charge is -2.14. The maximum Gasteiger partial charge on any atom is 0.254 e. The van der Waals surface area contributed by atoms with Crippen LogP contribution in [0.1, 0.15) is 15.9 Å². The van der Waals surface area contributed by atoms with E-state index in [1.165, 1.54) is 19.5 Å². The van der Waals surface area contributed by atoms with Crippen molar-refractivity contribution in [3.63, 3.8) is 0 Å². The molecule has 0 fully saturated rings. The van der Waals surface area contributed by atoms with Crippen molar-refractivity contribution >= 4 is 17.5 Å². The molecule has 0 radical (unpaired) electrons. The molecule has 150 valence electrons. The molecule has 2 N–H and O–H groups in total. The van der Waals surface area contributed by atoms with Crippen LogP contribution in [0.2, 0.25) is 0 Å². The zero-order valence-corrected chi connectivity index (χ0v) is 16.4. The lowest BCUT2D eigenvalue weighted by atomic mass is 10.2. The largest absolute Gasteiger partial charge is 0.493 e. The summed E-state index contributed by atoms with van der Waals surface area (Å²) in [6.45, 7) is 0.436. The number of aromatic nitrogens is 2. The van der Waals surface area contributed by atoms with Crippen LogP contribution in [-0.4, -0.2) is 37.2 Å². The van der Waals surface area contributed by atoms with Gasteiger partial charge in [-0.2, -0.15) is 0 Å². The van der Waals surface area contributed by atoms with Gasteiger partial charge in [-0.1, -0.05) is 30.3 Å². The number of ether oxygens (including phenoxy) is 3. The van der Waals surface area contributed by atoms with Gasteiger partial charge >= 0.3 is 0 Å². The maximum absolute atomic E-state index is 12.3. The molecular weight excluding hydrogens is 372 g/mol. The molecule has 8 heteroatoms. The van der Waals surface area contributed by atoms with Crippen LogP contribution in [-0.2, 0) is 6.54 Å². The number of amides is 1. The van der Waals surface area contributed by atoms with Crippen molar-refractivity contribution < 1.29 is 19.0 Å². The standard InChI is InChI=1S/C21H22N4O4/c1-27-17-9-16(10-18(28-2)19(17)29-3)25-21-23-12-15(13-24-21)20(26)22-11-14-7-5-4-6-8-14/h4-10,12-13H,11H2,1-3H3,(H,22,26)(H,23,24,25). The van der Waals surface area contributed by atoms with Crippen molar-refractivity contribution in [2.45, 2.75) is 6.54 Å². The van der Waals surface area contributed by atoms with Crippen molar-refractivity contribution in [1.82, 2.24) is 15.3 Å². The fourth-order valence-corrected chi connectivity index (χ4v) is 2.67. The van der Waals surface area contributed by atoms with Crippen molar-refractivity contribution in [2.24, 2.45) is 0 Å². The van der Waals surface area contributed by atoms with Gasteiger partial charge in [-0.25, -0.2) is 9.97 Å². The van der Waals surface area contributed by atoms with Gasteiger partial charge in [0.25, 0.3) is 5.91 Å². The molecule has 0 aliphatic carbocycles. The predicted octanol–water partition coefficient (Wildman–Crippen LogP) is 3.18. The quantitative estimate of drug-likeness (QED) is 0.606. The summed E-state index contributed by atoms with van der Waals surface area (Å²) in [6.07, 6.45) is 2.93. The molecule has 0 aliphatic heterocycles. The molecule has 1 aromatic heterocycles. The van der Waals surface area contributed by atoms with Gasteiger partial charge in [0.15, 0.2) is 11.5 Å². The molecule has 3 rings (SSSR count). The topological polar surface area (TPSA) is 94.6 Å². The van der Waals surface area contributed by atoms with Crippen LogP contribution in [0.15, 0.2) is 54.9 Å². The summed E-state index contributed by atoms with van der Waals surface area (Å²) >= 11 is 0. The average molecular weight is 394 g/mol. The number of benzene rings is 2. The fraction of sp³-hybridized carbons (Fsp3) is 0.190. The highest BCUT2D eigenvalue weighted by Gasteiger charge is 2.14. The summed E-state index contributed by atoms with van der Waals surface area (Å²) in [7, 11) is 4.62. The second-order valence-corrected chi connectivity index (χ2v) is 6.00. The summed E-state index contributed by atoms with van der Waals surface area (Å²) < 4.78 is 16.0. The zero-order chi connectivity index (χ0) is 20.6. The van der Waals surface area contributed by atoms with Crippen LogP contribution in [0.4, 0.5) is 11.6 Å². The van der Waals surface area contributed by atoms with Crippen molar-refractivity contribution in [3.8, 4) is 17.2 Å². The highest BCUT2D eigenvalue weighted by molar-refractivity contribution is 5.93. The first-order chi connectivity index (χ1) is 14.1. The van der Waals surface area contributed by atoms with E-state index in [4.69, 9.17) is 14.2 Å². The number of rotatable bonds is 8. The van der Waals surface area contributed by atoms with Crippen molar-refractivity contribution in [1.29, 1.82) is 0 Å². The van der Waals surface area contributed by atoms with Gasteiger partial charge in [-0.05, 0) is 5.56 Å². The smallest absolute Gasteiger partial charge is 0.254 e. The van der Waals surface area contributed by atoms with E-state index in [1.54, 1.807) is 26.4 Å². The van der Waals surface area contributed by atoms with Gasteiger partial charge in [-0.3, -0.25) is 4.79 Å². The Morgan fingerprint density at radius 2 is 1.55 bits per heavy atom. The number of methoxy groups -OCH3 is 3. The highest BCUT2D eigenvalue weighted by atomic mass is 16.5. The molecule has 0 unspecified atom stereocenters. The average Bonchev–Trinajstić information content (AvgIpc) is 2.77. The first-order valence-electron chi connectivity index (χ1n) is 8.85. The first-order valence-corrected chi connectivity index (χ1v) is 8.85. The summed E-state index contributed by atoms with van der Waals surface area (Å²) in [6, 6.07) is 13.2. The summed E-state index contributed by atoms with van der Waals surface area (Å²) in [5, 5.41) is 5.90. The molecule has 0 saturated heterocycles. The number of carbonyl (C=O) groups is 1. The van der Waals surface area contributed by atoms with E-state index in [1.807, 2.05) is 30.3 Å². The number of nitrogens with one attached hydrogen (secondary N) is 2. The predicted molar refractivity (Wildman–Crippen MR) is 109 cm³/mol. The van der Waals surface area contributed by atoms with Gasteiger partial charge in [0.05, 0.1) is 26.9 Å². The number of hydrogen-bond donors (Lipinski definition) is 2. The van der Waals surface area contributed by atoms with E-state index in [0.717, 1.165) is 5.56 Å². The third-order valence-electron chi connectivity index (χ3n) is 4.13. The van der Waals surface area contributed by atoms with Gasteiger partial charge in [-0.15, -0.1) is 0 Å². The van der Waals surface area contributed by atoms with Gasteiger partial charge in [0.2, 0.25) is 11.7 Å². The molecule has 8 nitrogen and oxygen atoms in total. The summed E-state index contributed by atoms with van der Waals surface area (Å²) in [5.74, 6) is 1.59. The Balaban J connectivity index is 1.68. The molecule has 0 aliphatic rings. The fourth-order valence-electron chi connectivity index (χ4n) is 2.67. The second-order valence-electron chi connectivity index (χ2n) is 6.00. The monoisotopic (exact) mass is 394 g/mol. The molecule has 1 heterocycles. The molecule has 2 aromatic carbocycles. The Kier molecular flexibility index (Phi) is 6.47. The van der Waals surface area contributed by atoms with Crippen molar-refractivity contribution in [3.05, 3.63) is 66.0 Å².